The molecule has 3 atom stereocenters. The van der Waals surface area contributed by atoms with Gasteiger partial charge in [0.2, 0.25) is 0 Å². The summed E-state index contributed by atoms with van der Waals surface area (Å²) in [6, 6.07) is 5.89. The third-order valence-corrected chi connectivity index (χ3v) is 7.85. The number of anilines is 4. The molecule has 11 nitrogen and oxygen atoms in total. The molecule has 6 rings (SSSR count). The molecule has 1 unspecified atom stereocenters. The highest BCUT2D eigenvalue weighted by atomic mass is 19.4. The van der Waals surface area contributed by atoms with Crippen LogP contribution >= 0.6 is 0 Å². The third kappa shape index (κ3) is 5.36. The van der Waals surface area contributed by atoms with E-state index in [9.17, 15) is 18.0 Å². The Morgan fingerprint density at radius 1 is 1.10 bits per heavy atom. The third-order valence-electron chi connectivity index (χ3n) is 7.85. The molecule has 3 aliphatic rings. The van der Waals surface area contributed by atoms with E-state index in [0.29, 0.717) is 62.8 Å². The van der Waals surface area contributed by atoms with Crippen LogP contribution in [0.3, 0.4) is 0 Å². The van der Waals surface area contributed by atoms with Crippen molar-refractivity contribution in [3.05, 3.63) is 47.9 Å². The fraction of sp³-hybridized carbons (Fsp3) is 0.444. The normalized spacial score (nSPS) is 22.6. The number of fused-ring (bicyclic) bond motifs is 2. The molecule has 3 aromatic rings. The monoisotopic (exact) mass is 570 g/mol. The molecule has 3 aromatic heterocycles. The minimum Gasteiger partial charge on any atom is -0.382 e. The van der Waals surface area contributed by atoms with Gasteiger partial charge < -0.3 is 30.3 Å². The molecule has 41 heavy (non-hydrogen) atoms. The van der Waals surface area contributed by atoms with Gasteiger partial charge in [0.05, 0.1) is 43.4 Å². The Kier molecular flexibility index (Phi) is 7.11. The number of nitrogens with zero attached hydrogens (tertiary/aromatic N) is 6. The van der Waals surface area contributed by atoms with Gasteiger partial charge in [-0.3, -0.25) is 4.79 Å². The van der Waals surface area contributed by atoms with Crippen LogP contribution in [0.25, 0.3) is 11.4 Å². The van der Waals surface area contributed by atoms with Gasteiger partial charge in [-0.1, -0.05) is 6.92 Å². The Balaban J connectivity index is 1.31. The van der Waals surface area contributed by atoms with E-state index >= 15 is 0 Å². The van der Waals surface area contributed by atoms with Crippen molar-refractivity contribution in [2.45, 2.75) is 19.2 Å². The van der Waals surface area contributed by atoms with E-state index < -0.39 is 23.3 Å². The summed E-state index contributed by atoms with van der Waals surface area (Å²) in [5, 5.41) is 2.73. The van der Waals surface area contributed by atoms with Crippen molar-refractivity contribution in [2.75, 3.05) is 66.8 Å². The number of nitrogens with one attached hydrogen (secondary N) is 1. The highest BCUT2D eigenvalue weighted by Crippen LogP contribution is 2.38. The van der Waals surface area contributed by atoms with Crippen molar-refractivity contribution in [1.82, 2.24) is 19.9 Å². The number of alkyl halides is 3. The molecular weight excluding hydrogens is 541 g/mol. The number of nitrogen functional groups attached to an aromatic ring is 1. The molecule has 0 radical (unpaired) electrons. The van der Waals surface area contributed by atoms with Crippen molar-refractivity contribution < 1.29 is 27.4 Å². The van der Waals surface area contributed by atoms with Crippen LogP contribution in [-0.4, -0.2) is 77.9 Å². The van der Waals surface area contributed by atoms with Crippen molar-refractivity contribution >= 4 is 29.0 Å². The van der Waals surface area contributed by atoms with E-state index in [4.69, 9.17) is 15.2 Å². The minimum atomic E-state index is -4.71. The molecule has 0 aromatic carbocycles. The first-order valence-corrected chi connectivity index (χ1v) is 13.4. The SMILES string of the molecule is CC1[C@H]2CO[C@@H]1CN(c1cccnc1NC(=O)c1nc(-c3nc(N4CCOCC4)ccc3C(F)(F)F)cnc1N)C2. The van der Waals surface area contributed by atoms with Crippen molar-refractivity contribution in [1.29, 1.82) is 0 Å². The second kappa shape index (κ2) is 10.7. The number of amides is 1. The van der Waals surface area contributed by atoms with Gasteiger partial charge >= 0.3 is 6.18 Å². The average molecular weight is 571 g/mol. The summed E-state index contributed by atoms with van der Waals surface area (Å²) in [7, 11) is 0. The summed E-state index contributed by atoms with van der Waals surface area (Å²) in [5.74, 6) is 0.434. The lowest BCUT2D eigenvalue weighted by Crippen LogP contribution is -2.44. The Morgan fingerprint density at radius 3 is 2.66 bits per heavy atom. The summed E-state index contributed by atoms with van der Waals surface area (Å²) in [6.07, 6.45) is -2.00. The molecule has 1 amide bonds. The molecule has 2 bridgehead atoms. The highest BCUT2D eigenvalue weighted by Gasteiger charge is 2.41. The molecular formula is C27H29F3N8O3. The molecule has 3 aliphatic heterocycles. The van der Waals surface area contributed by atoms with E-state index in [0.717, 1.165) is 18.8 Å². The fourth-order valence-corrected chi connectivity index (χ4v) is 5.50. The summed E-state index contributed by atoms with van der Waals surface area (Å²) in [4.78, 5) is 34.2. The summed E-state index contributed by atoms with van der Waals surface area (Å²) in [5.41, 5.74) is 4.69. The van der Waals surface area contributed by atoms with Crippen LogP contribution in [0.15, 0.2) is 36.7 Å². The van der Waals surface area contributed by atoms with Gasteiger partial charge in [-0.25, -0.2) is 19.9 Å². The van der Waals surface area contributed by atoms with Gasteiger partial charge in [-0.05, 0) is 30.2 Å². The van der Waals surface area contributed by atoms with Gasteiger partial charge in [-0.2, -0.15) is 13.2 Å². The number of morpholine rings is 1. The standard InChI is InChI=1S/C27H29F3N8O3/c1-15-16-12-38(13-20(15)41-14-16)19-3-2-6-32-25(19)36-26(39)23-24(31)33-11-18(34-23)22-17(27(28,29)30)4-5-21(35-22)37-7-9-40-10-8-37/h2-6,11,15-16,20H,7-10,12-14H2,1H3,(H2,31,33)(H,32,36,39)/t15?,16-,20-/m1/s1. The topological polar surface area (TPSA) is 132 Å². The maximum Gasteiger partial charge on any atom is 0.418 e. The van der Waals surface area contributed by atoms with Crippen LogP contribution < -0.4 is 20.9 Å². The number of hydrogen-bond donors (Lipinski definition) is 2. The predicted molar refractivity (Wildman–Crippen MR) is 145 cm³/mol. The van der Waals surface area contributed by atoms with Gasteiger partial charge in [-0.15, -0.1) is 0 Å². The van der Waals surface area contributed by atoms with Crippen molar-refractivity contribution in [3.8, 4) is 11.4 Å². The number of hydrogen-bond acceptors (Lipinski definition) is 10. The van der Waals surface area contributed by atoms with Crippen molar-refractivity contribution in [2.24, 2.45) is 11.8 Å². The van der Waals surface area contributed by atoms with Crippen LogP contribution in [0.4, 0.5) is 36.3 Å². The number of halogens is 3. The van der Waals surface area contributed by atoms with E-state index in [1.54, 1.807) is 12.3 Å². The Labute approximate surface area is 233 Å². The lowest BCUT2D eigenvalue weighted by molar-refractivity contribution is -0.137. The Hall–Kier alpha value is -4.04. The van der Waals surface area contributed by atoms with E-state index in [-0.39, 0.29) is 29.1 Å². The molecule has 0 spiro atoms. The first kappa shape index (κ1) is 27.1. The average Bonchev–Trinajstić information content (AvgIpc) is 3.16. The first-order chi connectivity index (χ1) is 19.7. The van der Waals surface area contributed by atoms with Crippen LogP contribution in [0, 0.1) is 11.8 Å². The number of pyridine rings is 2. The number of piperidine rings is 1. The molecule has 3 fully saturated rings. The lowest BCUT2D eigenvalue weighted by Gasteiger charge is -2.36. The van der Waals surface area contributed by atoms with Gasteiger partial charge in [0.15, 0.2) is 17.3 Å². The van der Waals surface area contributed by atoms with E-state index in [1.807, 2.05) is 11.0 Å². The molecule has 14 heteroatoms. The first-order valence-electron chi connectivity index (χ1n) is 13.4. The van der Waals surface area contributed by atoms with Crippen LogP contribution in [0.5, 0.6) is 0 Å². The van der Waals surface area contributed by atoms with Gasteiger partial charge in [0, 0.05) is 38.3 Å². The van der Waals surface area contributed by atoms with Crippen molar-refractivity contribution in [3.63, 3.8) is 0 Å². The molecule has 216 valence electrons. The lowest BCUT2D eigenvalue weighted by atomic mass is 9.88. The van der Waals surface area contributed by atoms with Gasteiger partial charge in [0.1, 0.15) is 17.2 Å². The number of nitrogens with two attached hydrogens (primary N) is 1. The summed E-state index contributed by atoms with van der Waals surface area (Å²) >= 11 is 0. The number of ether oxygens (including phenoxy) is 2. The largest absolute Gasteiger partial charge is 0.418 e. The highest BCUT2D eigenvalue weighted by molar-refractivity contribution is 6.06. The summed E-state index contributed by atoms with van der Waals surface area (Å²) < 4.78 is 53.2. The number of aromatic nitrogens is 4. The maximum atomic E-state index is 14.0. The molecule has 0 aliphatic carbocycles. The number of rotatable bonds is 5. The predicted octanol–water partition coefficient (Wildman–Crippen LogP) is 3.09. The van der Waals surface area contributed by atoms with E-state index in [2.05, 4.69) is 37.1 Å². The molecule has 0 saturated carbocycles. The van der Waals surface area contributed by atoms with Crippen LogP contribution in [0.2, 0.25) is 0 Å². The molecule has 3 saturated heterocycles. The second-order valence-corrected chi connectivity index (χ2v) is 10.4. The fourth-order valence-electron chi connectivity index (χ4n) is 5.50. The zero-order valence-electron chi connectivity index (χ0n) is 22.3. The van der Waals surface area contributed by atoms with Gasteiger partial charge in [0.25, 0.3) is 5.91 Å². The second-order valence-electron chi connectivity index (χ2n) is 10.4. The number of carbonyl (C=O) groups is 1. The number of carbonyl (C=O) groups excluding carboxylic acids is 1. The quantitative estimate of drug-likeness (QED) is 0.472. The Morgan fingerprint density at radius 2 is 1.90 bits per heavy atom. The molecule has 6 heterocycles. The Bertz CT molecular complexity index is 1440. The zero-order chi connectivity index (χ0) is 28.7. The van der Waals surface area contributed by atoms with E-state index in [1.165, 1.54) is 6.07 Å². The zero-order valence-corrected chi connectivity index (χ0v) is 22.3. The van der Waals surface area contributed by atoms with Crippen LogP contribution in [0.1, 0.15) is 23.0 Å². The maximum absolute atomic E-state index is 14.0. The molecule has 3 N–H and O–H groups in total. The van der Waals surface area contributed by atoms with Crippen LogP contribution in [-0.2, 0) is 15.7 Å². The smallest absolute Gasteiger partial charge is 0.382 e. The summed E-state index contributed by atoms with van der Waals surface area (Å²) in [6.45, 7) is 6.09. The minimum absolute atomic E-state index is 0.0826.